The summed E-state index contributed by atoms with van der Waals surface area (Å²) in [6.07, 6.45) is 4.51. The van der Waals surface area contributed by atoms with E-state index in [1.807, 2.05) is 0 Å². The summed E-state index contributed by atoms with van der Waals surface area (Å²) in [5, 5.41) is 9.22. The molecule has 0 radical (unpaired) electrons. The second-order valence-corrected chi connectivity index (χ2v) is 4.16. The minimum Gasteiger partial charge on any atom is -0.390 e. The van der Waals surface area contributed by atoms with Gasteiger partial charge in [0.25, 0.3) is 0 Å². The van der Waals surface area contributed by atoms with Crippen LogP contribution in [-0.2, 0) is 4.74 Å². The molecule has 0 amide bonds. The Kier molecular flexibility index (Phi) is 10.0. The first-order valence-electron chi connectivity index (χ1n) is 5.61. The highest BCUT2D eigenvalue weighted by Gasteiger charge is 2.07. The minimum absolute atomic E-state index is 0.415. The van der Waals surface area contributed by atoms with Crippen molar-refractivity contribution >= 4 is 12.6 Å². The Morgan fingerprint density at radius 3 is 2.50 bits per heavy atom. The Morgan fingerprint density at radius 2 is 2.00 bits per heavy atom. The van der Waals surface area contributed by atoms with Gasteiger partial charge in [-0.25, -0.2) is 0 Å². The Balaban J connectivity index is 3.42. The van der Waals surface area contributed by atoms with E-state index in [9.17, 15) is 5.11 Å². The van der Waals surface area contributed by atoms with Crippen LogP contribution in [0.1, 0.15) is 39.5 Å². The molecule has 0 aliphatic rings. The molecule has 86 valence electrons. The molecule has 0 aromatic carbocycles. The maximum absolute atomic E-state index is 9.22. The van der Waals surface area contributed by atoms with Crippen molar-refractivity contribution in [1.29, 1.82) is 0 Å². The molecule has 0 aromatic heterocycles. The molecule has 0 saturated carbocycles. The lowest BCUT2D eigenvalue weighted by Crippen LogP contribution is -2.19. The van der Waals surface area contributed by atoms with Crippen molar-refractivity contribution in [3.8, 4) is 0 Å². The van der Waals surface area contributed by atoms with Gasteiger partial charge in [0.15, 0.2) is 0 Å². The van der Waals surface area contributed by atoms with Gasteiger partial charge in [-0.1, -0.05) is 33.1 Å². The molecule has 0 bridgehead atoms. The number of ether oxygens (including phenoxy) is 1. The lowest BCUT2D eigenvalue weighted by molar-refractivity contribution is 0.0289. The van der Waals surface area contributed by atoms with Gasteiger partial charge in [-0.05, 0) is 12.3 Å². The highest BCUT2D eigenvalue weighted by atomic mass is 32.1. The normalized spacial score (nSPS) is 15.4. The second-order valence-electron chi connectivity index (χ2n) is 3.79. The molecule has 0 rings (SSSR count). The molecular weight excluding hydrogens is 196 g/mol. The van der Waals surface area contributed by atoms with Crippen LogP contribution < -0.4 is 0 Å². The average molecular weight is 220 g/mol. The summed E-state index contributed by atoms with van der Waals surface area (Å²) in [5.41, 5.74) is 0. The van der Waals surface area contributed by atoms with Crippen molar-refractivity contribution in [3.63, 3.8) is 0 Å². The molecule has 0 aliphatic carbocycles. The predicted molar refractivity (Wildman–Crippen MR) is 64.0 cm³/mol. The van der Waals surface area contributed by atoms with Crippen molar-refractivity contribution < 1.29 is 9.84 Å². The van der Waals surface area contributed by atoms with E-state index in [-0.39, 0.29) is 0 Å². The highest BCUT2D eigenvalue weighted by Crippen LogP contribution is 2.12. The summed E-state index contributed by atoms with van der Waals surface area (Å²) in [6, 6.07) is 0. The number of aliphatic hydroxyl groups excluding tert-OH is 1. The lowest BCUT2D eigenvalue weighted by Gasteiger charge is -2.15. The molecule has 0 spiro atoms. The van der Waals surface area contributed by atoms with Crippen LogP contribution in [0, 0.1) is 5.92 Å². The fourth-order valence-corrected chi connectivity index (χ4v) is 1.43. The van der Waals surface area contributed by atoms with E-state index in [0.717, 1.165) is 13.0 Å². The summed E-state index contributed by atoms with van der Waals surface area (Å²) in [6.45, 7) is 5.60. The zero-order valence-corrected chi connectivity index (χ0v) is 10.3. The summed E-state index contributed by atoms with van der Waals surface area (Å²) in [4.78, 5) is 0. The Morgan fingerprint density at radius 1 is 1.29 bits per heavy atom. The van der Waals surface area contributed by atoms with Crippen LogP contribution in [0.4, 0.5) is 0 Å². The Hall–Kier alpha value is 0.270. The molecule has 0 aliphatic heterocycles. The zero-order valence-electron chi connectivity index (χ0n) is 9.41. The van der Waals surface area contributed by atoms with Crippen molar-refractivity contribution in [2.45, 2.75) is 45.6 Å². The van der Waals surface area contributed by atoms with E-state index < -0.39 is 6.10 Å². The van der Waals surface area contributed by atoms with Crippen LogP contribution in [-0.4, -0.2) is 30.2 Å². The van der Waals surface area contributed by atoms with Gasteiger partial charge in [0.1, 0.15) is 0 Å². The molecule has 0 heterocycles. The molecule has 14 heavy (non-hydrogen) atoms. The van der Waals surface area contributed by atoms with Gasteiger partial charge in [0.05, 0.1) is 12.7 Å². The first-order chi connectivity index (χ1) is 6.74. The number of hydrogen-bond donors (Lipinski definition) is 2. The standard InChI is InChI=1S/C11H24O2S/c1-3-5-6-10(4-2)7-13-8-11(12)9-14/h10-12,14H,3-9H2,1-2H3. The van der Waals surface area contributed by atoms with E-state index >= 15 is 0 Å². The first kappa shape index (κ1) is 14.3. The van der Waals surface area contributed by atoms with E-state index in [4.69, 9.17) is 4.74 Å². The molecule has 3 heteroatoms. The number of rotatable bonds is 9. The number of thiol groups is 1. The molecule has 0 saturated heterocycles. The van der Waals surface area contributed by atoms with E-state index in [1.165, 1.54) is 19.3 Å². The third-order valence-electron chi connectivity index (χ3n) is 2.42. The van der Waals surface area contributed by atoms with E-state index in [1.54, 1.807) is 0 Å². The van der Waals surface area contributed by atoms with Gasteiger partial charge in [-0.15, -0.1) is 0 Å². The molecule has 2 nitrogen and oxygen atoms in total. The maximum Gasteiger partial charge on any atom is 0.0861 e. The summed E-state index contributed by atoms with van der Waals surface area (Å²) in [7, 11) is 0. The molecule has 2 atom stereocenters. The second kappa shape index (κ2) is 9.81. The summed E-state index contributed by atoms with van der Waals surface area (Å²) in [5.74, 6) is 1.13. The Labute approximate surface area is 93.5 Å². The third-order valence-corrected chi connectivity index (χ3v) is 2.84. The summed E-state index contributed by atoms with van der Waals surface area (Å²) < 4.78 is 5.44. The maximum atomic E-state index is 9.22. The molecule has 1 N–H and O–H groups in total. The van der Waals surface area contributed by atoms with Gasteiger partial charge in [-0.2, -0.15) is 12.6 Å². The largest absolute Gasteiger partial charge is 0.390 e. The molecule has 0 aromatic rings. The molecule has 2 unspecified atom stereocenters. The zero-order chi connectivity index (χ0) is 10.8. The number of aliphatic hydroxyl groups is 1. The van der Waals surface area contributed by atoms with Crippen LogP contribution in [0.25, 0.3) is 0 Å². The van der Waals surface area contributed by atoms with Gasteiger partial charge in [0.2, 0.25) is 0 Å². The number of unbranched alkanes of at least 4 members (excludes halogenated alkanes) is 1. The van der Waals surface area contributed by atoms with Gasteiger partial charge < -0.3 is 9.84 Å². The van der Waals surface area contributed by atoms with Crippen LogP contribution in [0.3, 0.4) is 0 Å². The van der Waals surface area contributed by atoms with Crippen molar-refractivity contribution in [2.75, 3.05) is 19.0 Å². The van der Waals surface area contributed by atoms with Gasteiger partial charge >= 0.3 is 0 Å². The molecule has 0 fully saturated rings. The topological polar surface area (TPSA) is 29.5 Å². The minimum atomic E-state index is -0.415. The van der Waals surface area contributed by atoms with E-state index in [2.05, 4.69) is 26.5 Å². The quantitative estimate of drug-likeness (QED) is 0.585. The monoisotopic (exact) mass is 220 g/mol. The van der Waals surface area contributed by atoms with Crippen molar-refractivity contribution in [2.24, 2.45) is 5.92 Å². The fourth-order valence-electron chi connectivity index (χ4n) is 1.32. The SMILES string of the molecule is CCCCC(CC)COCC(O)CS. The van der Waals surface area contributed by atoms with Crippen molar-refractivity contribution in [1.82, 2.24) is 0 Å². The average Bonchev–Trinajstić information content (AvgIpc) is 2.22. The fraction of sp³-hybridized carbons (Fsp3) is 1.00. The van der Waals surface area contributed by atoms with Crippen molar-refractivity contribution in [3.05, 3.63) is 0 Å². The highest BCUT2D eigenvalue weighted by molar-refractivity contribution is 7.80. The lowest BCUT2D eigenvalue weighted by atomic mass is 10.0. The van der Waals surface area contributed by atoms with Crippen LogP contribution in [0.5, 0.6) is 0 Å². The Bertz CT molecular complexity index is 120. The predicted octanol–water partition coefficient (Wildman–Crippen LogP) is 2.51. The third kappa shape index (κ3) is 7.65. The van der Waals surface area contributed by atoms with Crippen LogP contribution in [0.2, 0.25) is 0 Å². The van der Waals surface area contributed by atoms with E-state index in [0.29, 0.717) is 18.3 Å². The molecular formula is C11H24O2S. The number of hydrogen-bond acceptors (Lipinski definition) is 3. The smallest absolute Gasteiger partial charge is 0.0861 e. The summed E-state index contributed by atoms with van der Waals surface area (Å²) >= 11 is 3.99. The van der Waals surface area contributed by atoms with Gasteiger partial charge in [-0.3, -0.25) is 0 Å². The van der Waals surface area contributed by atoms with Crippen LogP contribution in [0.15, 0.2) is 0 Å². The van der Waals surface area contributed by atoms with Gasteiger partial charge in [0, 0.05) is 12.4 Å². The first-order valence-corrected chi connectivity index (χ1v) is 6.24. The van der Waals surface area contributed by atoms with Crippen LogP contribution >= 0.6 is 12.6 Å².